The van der Waals surface area contributed by atoms with Gasteiger partial charge in [-0.15, -0.1) is 0 Å². The SMILES string of the molecule is COc1ccc(C(N)=S)cc1COc1c(F)cccc1F. The van der Waals surface area contributed by atoms with E-state index in [4.69, 9.17) is 27.4 Å². The van der Waals surface area contributed by atoms with Crippen LogP contribution in [0.4, 0.5) is 8.78 Å². The smallest absolute Gasteiger partial charge is 0.191 e. The molecule has 0 aliphatic rings. The first-order chi connectivity index (χ1) is 10.0. The molecule has 0 saturated carbocycles. The highest BCUT2D eigenvalue weighted by Gasteiger charge is 2.12. The van der Waals surface area contributed by atoms with Gasteiger partial charge in [0.25, 0.3) is 0 Å². The lowest BCUT2D eigenvalue weighted by atomic mass is 10.1. The summed E-state index contributed by atoms with van der Waals surface area (Å²) in [5.41, 5.74) is 6.77. The standard InChI is InChI=1S/C15H13F2NO2S/c1-19-13-6-5-9(15(18)21)7-10(13)8-20-14-11(16)3-2-4-12(14)17/h2-7H,8H2,1H3,(H2,18,21). The van der Waals surface area contributed by atoms with E-state index in [1.807, 2.05) is 0 Å². The fraction of sp³-hybridized carbons (Fsp3) is 0.133. The third-order valence-corrected chi connectivity index (χ3v) is 3.09. The summed E-state index contributed by atoms with van der Waals surface area (Å²) in [5.74, 6) is -1.44. The number of methoxy groups -OCH3 is 1. The molecule has 0 aliphatic heterocycles. The summed E-state index contributed by atoms with van der Waals surface area (Å²) < 4.78 is 37.4. The highest BCUT2D eigenvalue weighted by atomic mass is 32.1. The van der Waals surface area contributed by atoms with Crippen LogP contribution < -0.4 is 15.2 Å². The van der Waals surface area contributed by atoms with Crippen LogP contribution in [0.1, 0.15) is 11.1 Å². The molecule has 0 aromatic heterocycles. The summed E-state index contributed by atoms with van der Waals surface area (Å²) in [6.45, 7) is -0.0719. The topological polar surface area (TPSA) is 44.5 Å². The molecule has 2 aromatic rings. The molecule has 2 rings (SSSR count). The molecule has 0 amide bonds. The van der Waals surface area contributed by atoms with Gasteiger partial charge in [0.15, 0.2) is 17.4 Å². The zero-order valence-electron chi connectivity index (χ0n) is 11.2. The van der Waals surface area contributed by atoms with Crippen molar-refractivity contribution in [2.75, 3.05) is 7.11 Å². The Labute approximate surface area is 126 Å². The second-order valence-electron chi connectivity index (χ2n) is 4.23. The molecule has 0 bridgehead atoms. The number of rotatable bonds is 5. The van der Waals surface area contributed by atoms with Crippen molar-refractivity contribution in [3.05, 3.63) is 59.2 Å². The molecule has 0 aliphatic carbocycles. The number of benzene rings is 2. The van der Waals surface area contributed by atoms with Crippen molar-refractivity contribution < 1.29 is 18.3 Å². The Morgan fingerprint density at radius 2 is 1.86 bits per heavy atom. The molecular weight excluding hydrogens is 296 g/mol. The van der Waals surface area contributed by atoms with E-state index >= 15 is 0 Å². The van der Waals surface area contributed by atoms with Crippen LogP contribution in [-0.2, 0) is 6.61 Å². The molecule has 2 aromatic carbocycles. The quantitative estimate of drug-likeness (QED) is 0.862. The molecule has 0 saturated heterocycles. The minimum Gasteiger partial charge on any atom is -0.496 e. The predicted octanol–water partition coefficient (Wildman–Crippen LogP) is 3.19. The fourth-order valence-corrected chi connectivity index (χ4v) is 1.94. The van der Waals surface area contributed by atoms with E-state index in [1.54, 1.807) is 18.2 Å². The van der Waals surface area contributed by atoms with Crippen molar-refractivity contribution in [2.24, 2.45) is 5.73 Å². The van der Waals surface area contributed by atoms with Crippen LogP contribution in [0.3, 0.4) is 0 Å². The van der Waals surface area contributed by atoms with Gasteiger partial charge in [-0.25, -0.2) is 8.78 Å². The van der Waals surface area contributed by atoms with E-state index in [2.05, 4.69) is 0 Å². The maximum absolute atomic E-state index is 13.5. The van der Waals surface area contributed by atoms with E-state index < -0.39 is 17.4 Å². The lowest BCUT2D eigenvalue weighted by molar-refractivity contribution is 0.268. The van der Waals surface area contributed by atoms with E-state index in [9.17, 15) is 8.78 Å². The van der Waals surface area contributed by atoms with Crippen LogP contribution in [0.25, 0.3) is 0 Å². The van der Waals surface area contributed by atoms with E-state index in [0.29, 0.717) is 16.9 Å². The Kier molecular flexibility index (Phi) is 4.70. The predicted molar refractivity (Wildman–Crippen MR) is 79.6 cm³/mol. The normalized spacial score (nSPS) is 10.2. The van der Waals surface area contributed by atoms with Crippen molar-refractivity contribution in [3.8, 4) is 11.5 Å². The van der Waals surface area contributed by atoms with Gasteiger partial charge in [-0.2, -0.15) is 0 Å². The number of halogens is 2. The number of nitrogens with two attached hydrogens (primary N) is 1. The third-order valence-electron chi connectivity index (χ3n) is 2.86. The van der Waals surface area contributed by atoms with Gasteiger partial charge in [0.05, 0.1) is 7.11 Å². The Morgan fingerprint density at radius 1 is 1.19 bits per heavy atom. The average Bonchev–Trinajstić information content (AvgIpc) is 2.46. The van der Waals surface area contributed by atoms with Gasteiger partial charge in [0.1, 0.15) is 17.3 Å². The summed E-state index contributed by atoms with van der Waals surface area (Å²) in [5, 5.41) is 0. The number of ether oxygens (including phenoxy) is 2. The maximum Gasteiger partial charge on any atom is 0.191 e. The summed E-state index contributed by atoms with van der Waals surface area (Å²) in [6.07, 6.45) is 0. The van der Waals surface area contributed by atoms with Crippen molar-refractivity contribution in [1.82, 2.24) is 0 Å². The van der Waals surface area contributed by atoms with Crippen molar-refractivity contribution in [1.29, 1.82) is 0 Å². The Bertz CT molecular complexity index is 656. The van der Waals surface area contributed by atoms with Crippen LogP contribution in [0.15, 0.2) is 36.4 Å². The zero-order valence-corrected chi connectivity index (χ0v) is 12.0. The number of para-hydroxylation sites is 1. The second kappa shape index (κ2) is 6.49. The van der Waals surface area contributed by atoms with Gasteiger partial charge < -0.3 is 15.2 Å². The lowest BCUT2D eigenvalue weighted by Gasteiger charge is -2.12. The van der Waals surface area contributed by atoms with E-state index in [-0.39, 0.29) is 11.6 Å². The molecule has 0 spiro atoms. The molecule has 0 fully saturated rings. The lowest BCUT2D eigenvalue weighted by Crippen LogP contribution is -2.10. The molecule has 0 radical (unpaired) electrons. The van der Waals surface area contributed by atoms with Gasteiger partial charge in [0, 0.05) is 11.1 Å². The monoisotopic (exact) mass is 309 g/mol. The largest absolute Gasteiger partial charge is 0.496 e. The van der Waals surface area contributed by atoms with Crippen LogP contribution >= 0.6 is 12.2 Å². The fourth-order valence-electron chi connectivity index (χ4n) is 1.81. The first kappa shape index (κ1) is 15.2. The van der Waals surface area contributed by atoms with Crippen LogP contribution in [0, 0.1) is 11.6 Å². The molecule has 6 heteroatoms. The summed E-state index contributed by atoms with van der Waals surface area (Å²) >= 11 is 4.90. The minimum absolute atomic E-state index is 0.0719. The highest BCUT2D eigenvalue weighted by molar-refractivity contribution is 7.80. The Hall–Kier alpha value is -2.21. The average molecular weight is 309 g/mol. The first-order valence-electron chi connectivity index (χ1n) is 6.06. The number of thiocarbonyl (C=S) groups is 1. The molecule has 3 nitrogen and oxygen atoms in total. The van der Waals surface area contributed by atoms with Gasteiger partial charge in [-0.05, 0) is 30.3 Å². The van der Waals surface area contributed by atoms with Crippen LogP contribution in [0.2, 0.25) is 0 Å². The minimum atomic E-state index is -0.764. The summed E-state index contributed by atoms with van der Waals surface area (Å²) in [7, 11) is 1.49. The molecule has 21 heavy (non-hydrogen) atoms. The van der Waals surface area contributed by atoms with E-state index in [1.165, 1.54) is 13.2 Å². The molecule has 0 atom stereocenters. The van der Waals surface area contributed by atoms with Crippen molar-refractivity contribution >= 4 is 17.2 Å². The first-order valence-corrected chi connectivity index (χ1v) is 6.47. The summed E-state index contributed by atoms with van der Waals surface area (Å²) in [4.78, 5) is 0.218. The van der Waals surface area contributed by atoms with Gasteiger partial charge in [0.2, 0.25) is 0 Å². The van der Waals surface area contributed by atoms with Crippen LogP contribution in [0.5, 0.6) is 11.5 Å². The number of hydrogen-bond donors (Lipinski definition) is 1. The number of hydrogen-bond acceptors (Lipinski definition) is 3. The van der Waals surface area contributed by atoms with Gasteiger partial charge >= 0.3 is 0 Å². The van der Waals surface area contributed by atoms with E-state index in [0.717, 1.165) is 12.1 Å². The summed E-state index contributed by atoms with van der Waals surface area (Å²) in [6, 6.07) is 8.56. The molecule has 2 N–H and O–H groups in total. The highest BCUT2D eigenvalue weighted by Crippen LogP contribution is 2.25. The zero-order chi connectivity index (χ0) is 15.4. The molecule has 0 unspecified atom stereocenters. The third kappa shape index (κ3) is 3.46. The van der Waals surface area contributed by atoms with Crippen molar-refractivity contribution in [2.45, 2.75) is 6.61 Å². The van der Waals surface area contributed by atoms with Crippen molar-refractivity contribution in [3.63, 3.8) is 0 Å². The second-order valence-corrected chi connectivity index (χ2v) is 4.67. The maximum atomic E-state index is 13.5. The molecule has 110 valence electrons. The Morgan fingerprint density at radius 3 is 2.43 bits per heavy atom. The molecular formula is C15H13F2NO2S. The van der Waals surface area contributed by atoms with Gasteiger partial charge in [-0.3, -0.25) is 0 Å². The van der Waals surface area contributed by atoms with Crippen LogP contribution in [-0.4, -0.2) is 12.1 Å². The Balaban J connectivity index is 2.26. The molecule has 0 heterocycles. The van der Waals surface area contributed by atoms with Gasteiger partial charge in [-0.1, -0.05) is 18.3 Å².